The minimum atomic E-state index is -0.387. The summed E-state index contributed by atoms with van der Waals surface area (Å²) in [5, 5.41) is 0. The Morgan fingerprint density at radius 2 is 2.12 bits per heavy atom. The van der Waals surface area contributed by atoms with Crippen molar-refractivity contribution in [1.82, 2.24) is 19.4 Å². The van der Waals surface area contributed by atoms with Crippen molar-refractivity contribution in [3.05, 3.63) is 17.7 Å². The normalized spacial score (nSPS) is 23.7. The average Bonchev–Trinajstić information content (AvgIpc) is 3.16. The van der Waals surface area contributed by atoms with Crippen molar-refractivity contribution in [1.29, 1.82) is 0 Å². The molecule has 0 aliphatic carbocycles. The largest absolute Gasteiger partial charge is 0.383 e. The van der Waals surface area contributed by atoms with Gasteiger partial charge in [-0.1, -0.05) is 0 Å². The van der Waals surface area contributed by atoms with Crippen molar-refractivity contribution in [2.24, 2.45) is 5.41 Å². The first-order chi connectivity index (χ1) is 12.0. The van der Waals surface area contributed by atoms with Crippen LogP contribution in [0, 0.1) is 19.3 Å². The number of hydrogen-bond acceptors (Lipinski definition) is 4. The standard InChI is InChI=1S/C18H28N4O3/c1-14-15(2)22(13-19-14)11-16(23)21-8-6-18(12-21)5-4-7-20(17(18)24)9-10-25-3/h13H,4-12H2,1-3H3. The summed E-state index contributed by atoms with van der Waals surface area (Å²) in [7, 11) is 1.65. The first kappa shape index (κ1) is 17.9. The quantitative estimate of drug-likeness (QED) is 0.796. The highest BCUT2D eigenvalue weighted by Crippen LogP contribution is 2.40. The highest BCUT2D eigenvalue weighted by molar-refractivity contribution is 5.86. The van der Waals surface area contributed by atoms with Crippen LogP contribution < -0.4 is 0 Å². The fourth-order valence-electron chi connectivity index (χ4n) is 3.98. The van der Waals surface area contributed by atoms with Gasteiger partial charge < -0.3 is 19.1 Å². The minimum absolute atomic E-state index is 0.0687. The molecular formula is C18H28N4O3. The molecule has 0 aromatic carbocycles. The molecule has 2 fully saturated rings. The van der Waals surface area contributed by atoms with Gasteiger partial charge in [-0.05, 0) is 33.1 Å². The molecule has 1 atom stereocenters. The maximum atomic E-state index is 13.0. The highest BCUT2D eigenvalue weighted by Gasteiger charge is 2.49. The summed E-state index contributed by atoms with van der Waals surface area (Å²) in [5.74, 6) is 0.264. The molecule has 2 amide bonds. The van der Waals surface area contributed by atoms with Crippen LogP contribution in [0.5, 0.6) is 0 Å². The number of nitrogens with zero attached hydrogens (tertiary/aromatic N) is 4. The maximum absolute atomic E-state index is 13.0. The third-order valence-electron chi connectivity index (χ3n) is 5.75. The zero-order valence-corrected chi connectivity index (χ0v) is 15.5. The number of rotatable bonds is 5. The lowest BCUT2D eigenvalue weighted by atomic mass is 9.78. The van der Waals surface area contributed by atoms with Gasteiger partial charge in [0.05, 0.1) is 24.0 Å². The Morgan fingerprint density at radius 1 is 1.32 bits per heavy atom. The van der Waals surface area contributed by atoms with Gasteiger partial charge in [0.15, 0.2) is 0 Å². The summed E-state index contributed by atoms with van der Waals surface area (Å²) in [6, 6.07) is 0. The third kappa shape index (κ3) is 3.42. The Hall–Kier alpha value is -1.89. The van der Waals surface area contributed by atoms with Crippen LogP contribution in [0.15, 0.2) is 6.33 Å². The van der Waals surface area contributed by atoms with Gasteiger partial charge in [-0.15, -0.1) is 0 Å². The number of aryl methyl sites for hydroxylation is 1. The van der Waals surface area contributed by atoms with Crippen LogP contribution >= 0.6 is 0 Å². The molecule has 1 aromatic rings. The summed E-state index contributed by atoms with van der Waals surface area (Å²) < 4.78 is 7.00. The van der Waals surface area contributed by atoms with E-state index in [2.05, 4.69) is 4.98 Å². The lowest BCUT2D eigenvalue weighted by Gasteiger charge is -2.39. The zero-order chi connectivity index (χ0) is 18.0. The summed E-state index contributed by atoms with van der Waals surface area (Å²) >= 11 is 0. The number of imidazole rings is 1. The van der Waals surface area contributed by atoms with Gasteiger partial charge in [-0.2, -0.15) is 0 Å². The smallest absolute Gasteiger partial charge is 0.242 e. The van der Waals surface area contributed by atoms with Crippen molar-refractivity contribution in [3.63, 3.8) is 0 Å². The summed E-state index contributed by atoms with van der Waals surface area (Å²) in [6.07, 6.45) is 4.36. The number of carbonyl (C=O) groups is 2. The molecule has 7 heteroatoms. The number of aromatic nitrogens is 2. The maximum Gasteiger partial charge on any atom is 0.242 e. The van der Waals surface area contributed by atoms with E-state index in [9.17, 15) is 9.59 Å². The lowest BCUT2D eigenvalue weighted by molar-refractivity contribution is -0.146. The molecule has 0 saturated carbocycles. The molecule has 0 N–H and O–H groups in total. The van der Waals surface area contributed by atoms with Crippen LogP contribution in [0.3, 0.4) is 0 Å². The second-order valence-electron chi connectivity index (χ2n) is 7.28. The predicted molar refractivity (Wildman–Crippen MR) is 93.0 cm³/mol. The number of ether oxygens (including phenoxy) is 1. The molecule has 0 bridgehead atoms. The molecule has 2 aliphatic rings. The molecule has 1 unspecified atom stereocenters. The van der Waals surface area contributed by atoms with Crippen LogP contribution in [0.1, 0.15) is 30.7 Å². The number of carbonyl (C=O) groups excluding carboxylic acids is 2. The molecule has 138 valence electrons. The average molecular weight is 348 g/mol. The van der Waals surface area contributed by atoms with Gasteiger partial charge in [-0.25, -0.2) is 4.98 Å². The Labute approximate surface area is 148 Å². The Kier molecular flexibility index (Phi) is 5.13. The van der Waals surface area contributed by atoms with E-state index in [4.69, 9.17) is 4.74 Å². The van der Waals surface area contributed by atoms with Crippen LogP contribution in [0.25, 0.3) is 0 Å². The van der Waals surface area contributed by atoms with E-state index >= 15 is 0 Å². The molecule has 3 rings (SSSR count). The fourth-order valence-corrected chi connectivity index (χ4v) is 3.98. The van der Waals surface area contributed by atoms with Crippen molar-refractivity contribution < 1.29 is 14.3 Å². The first-order valence-electron chi connectivity index (χ1n) is 9.01. The number of piperidine rings is 1. The van der Waals surface area contributed by atoms with E-state index in [-0.39, 0.29) is 17.2 Å². The van der Waals surface area contributed by atoms with Crippen molar-refractivity contribution in [2.45, 2.75) is 39.7 Å². The van der Waals surface area contributed by atoms with E-state index in [1.807, 2.05) is 28.2 Å². The molecule has 2 aliphatic heterocycles. The van der Waals surface area contributed by atoms with E-state index in [0.29, 0.717) is 32.8 Å². The Bertz CT molecular complexity index is 657. The molecular weight excluding hydrogens is 320 g/mol. The fraction of sp³-hybridized carbons (Fsp3) is 0.722. The minimum Gasteiger partial charge on any atom is -0.383 e. The number of methoxy groups -OCH3 is 1. The first-order valence-corrected chi connectivity index (χ1v) is 9.01. The zero-order valence-electron chi connectivity index (χ0n) is 15.5. The summed E-state index contributed by atoms with van der Waals surface area (Å²) in [6.45, 7) is 7.41. The second-order valence-corrected chi connectivity index (χ2v) is 7.28. The molecule has 25 heavy (non-hydrogen) atoms. The summed E-state index contributed by atoms with van der Waals surface area (Å²) in [4.78, 5) is 33.7. The van der Waals surface area contributed by atoms with Gasteiger partial charge in [0.1, 0.15) is 6.54 Å². The van der Waals surface area contributed by atoms with Gasteiger partial charge in [0.2, 0.25) is 11.8 Å². The SMILES string of the molecule is COCCN1CCCC2(CCN(C(=O)Cn3cnc(C)c3C)C2)C1=O. The van der Waals surface area contributed by atoms with Crippen LogP contribution in [0.4, 0.5) is 0 Å². The summed E-state index contributed by atoms with van der Waals surface area (Å²) in [5.41, 5.74) is 1.57. The van der Waals surface area contributed by atoms with Gasteiger partial charge in [0, 0.05) is 39.0 Å². The number of likely N-dealkylation sites (tertiary alicyclic amines) is 2. The molecule has 3 heterocycles. The van der Waals surface area contributed by atoms with Crippen molar-refractivity contribution in [3.8, 4) is 0 Å². The molecule has 7 nitrogen and oxygen atoms in total. The van der Waals surface area contributed by atoms with Gasteiger partial charge in [0.25, 0.3) is 0 Å². The lowest BCUT2D eigenvalue weighted by Crippen LogP contribution is -2.51. The molecule has 2 saturated heterocycles. The van der Waals surface area contributed by atoms with E-state index < -0.39 is 0 Å². The Balaban J connectivity index is 1.64. The predicted octanol–water partition coefficient (Wildman–Crippen LogP) is 0.987. The topological polar surface area (TPSA) is 67.7 Å². The van der Waals surface area contributed by atoms with E-state index in [1.54, 1.807) is 13.4 Å². The molecule has 1 aromatic heterocycles. The monoisotopic (exact) mass is 348 g/mol. The Morgan fingerprint density at radius 3 is 2.80 bits per heavy atom. The van der Waals surface area contributed by atoms with Crippen LogP contribution in [0.2, 0.25) is 0 Å². The van der Waals surface area contributed by atoms with Crippen molar-refractivity contribution >= 4 is 11.8 Å². The number of amides is 2. The third-order valence-corrected chi connectivity index (χ3v) is 5.75. The van der Waals surface area contributed by atoms with Gasteiger partial charge in [-0.3, -0.25) is 9.59 Å². The highest BCUT2D eigenvalue weighted by atomic mass is 16.5. The van der Waals surface area contributed by atoms with Crippen LogP contribution in [-0.4, -0.2) is 71.1 Å². The van der Waals surface area contributed by atoms with Crippen molar-refractivity contribution in [2.75, 3.05) is 39.9 Å². The van der Waals surface area contributed by atoms with E-state index in [1.165, 1.54) is 0 Å². The van der Waals surface area contributed by atoms with Crippen LogP contribution in [-0.2, 0) is 20.9 Å². The van der Waals surface area contributed by atoms with E-state index in [0.717, 1.165) is 37.2 Å². The number of hydrogen-bond donors (Lipinski definition) is 0. The second kappa shape index (κ2) is 7.15. The van der Waals surface area contributed by atoms with Gasteiger partial charge >= 0.3 is 0 Å². The molecule has 0 radical (unpaired) electrons. The molecule has 1 spiro atoms.